The van der Waals surface area contributed by atoms with E-state index in [0.29, 0.717) is 36.0 Å². The lowest BCUT2D eigenvalue weighted by Gasteiger charge is -2.40. The molecule has 0 saturated carbocycles. The second-order valence-electron chi connectivity index (χ2n) is 7.57. The zero-order valence-corrected chi connectivity index (χ0v) is 18.2. The van der Waals surface area contributed by atoms with E-state index >= 15 is 0 Å². The highest BCUT2D eigenvalue weighted by Crippen LogP contribution is 2.34. The van der Waals surface area contributed by atoms with E-state index in [0.717, 1.165) is 11.1 Å². The third-order valence-corrected chi connectivity index (χ3v) is 5.70. The Morgan fingerprint density at radius 1 is 0.938 bits per heavy atom. The summed E-state index contributed by atoms with van der Waals surface area (Å²) in [5, 5.41) is 40.4. The summed E-state index contributed by atoms with van der Waals surface area (Å²) in [6, 6.07) is 12.6. The molecule has 1 heterocycles. The molecular weight excluding hydrogens is 443 g/mol. The van der Waals surface area contributed by atoms with Crippen LogP contribution in [0.1, 0.15) is 22.8 Å². The van der Waals surface area contributed by atoms with Crippen molar-refractivity contribution in [3.05, 3.63) is 64.2 Å². The number of aliphatic hydroxyl groups is 4. The number of ether oxygens (including phenoxy) is 3. The summed E-state index contributed by atoms with van der Waals surface area (Å²) in [6.07, 6.45) is -5.60. The lowest BCUT2D eigenvalue weighted by Crippen LogP contribution is -2.55. The van der Waals surface area contributed by atoms with Crippen molar-refractivity contribution in [2.24, 2.45) is 0 Å². The molecule has 4 N–H and O–H groups in total. The van der Waals surface area contributed by atoms with Gasteiger partial charge in [0.1, 0.15) is 49.6 Å². The van der Waals surface area contributed by atoms with Crippen molar-refractivity contribution in [3.63, 3.8) is 0 Å². The quantitative estimate of drug-likeness (QED) is 0.392. The van der Waals surface area contributed by atoms with E-state index in [4.69, 9.17) is 25.8 Å². The number of hydrogen-bond acceptors (Lipinski definition) is 7. The third-order valence-electron chi connectivity index (χ3n) is 5.33. The molecule has 0 aromatic heterocycles. The van der Waals surface area contributed by atoms with Gasteiger partial charge in [-0.15, -0.1) is 0 Å². The van der Waals surface area contributed by atoms with E-state index < -0.39 is 43.8 Å². The van der Waals surface area contributed by atoms with Gasteiger partial charge in [0, 0.05) is 5.02 Å². The molecule has 1 aliphatic heterocycles. The van der Waals surface area contributed by atoms with Crippen molar-refractivity contribution in [3.8, 4) is 5.75 Å². The van der Waals surface area contributed by atoms with E-state index in [9.17, 15) is 24.8 Å². The summed E-state index contributed by atoms with van der Waals surface area (Å²) in [5.41, 5.74) is 2.34. The van der Waals surface area contributed by atoms with Crippen LogP contribution in [0.2, 0.25) is 5.02 Å². The Morgan fingerprint density at radius 2 is 1.69 bits per heavy atom. The first-order chi connectivity index (χ1) is 15.4. The van der Waals surface area contributed by atoms with E-state index in [1.807, 2.05) is 24.3 Å². The zero-order valence-electron chi connectivity index (χ0n) is 17.4. The molecule has 7 nitrogen and oxygen atoms in total. The molecule has 3 rings (SSSR count). The van der Waals surface area contributed by atoms with E-state index in [-0.39, 0.29) is 6.61 Å². The fraction of sp³-hybridized carbons (Fsp3) is 0.478. The number of rotatable bonds is 10. The summed E-state index contributed by atoms with van der Waals surface area (Å²) >= 11 is 6.37. The summed E-state index contributed by atoms with van der Waals surface area (Å²) in [6.45, 7) is -0.309. The van der Waals surface area contributed by atoms with Crippen LogP contribution in [0.3, 0.4) is 0 Å². The molecule has 5 atom stereocenters. The number of aliphatic hydroxyl groups excluding tert-OH is 4. The Morgan fingerprint density at radius 3 is 2.38 bits per heavy atom. The van der Waals surface area contributed by atoms with Crippen LogP contribution in [0.4, 0.5) is 4.39 Å². The molecule has 1 saturated heterocycles. The van der Waals surface area contributed by atoms with Crippen molar-refractivity contribution in [2.75, 3.05) is 33.1 Å². The van der Waals surface area contributed by atoms with E-state index in [2.05, 4.69) is 0 Å². The van der Waals surface area contributed by atoms with Crippen LogP contribution in [0, 0.1) is 0 Å². The Kier molecular flexibility index (Phi) is 9.24. The van der Waals surface area contributed by atoms with Gasteiger partial charge in [0.15, 0.2) is 0 Å². The summed E-state index contributed by atoms with van der Waals surface area (Å²) in [5.74, 6) is 0.666. The second kappa shape index (κ2) is 11.9. The Hall–Kier alpha value is -1.78. The molecule has 32 heavy (non-hydrogen) atoms. The molecule has 2 aromatic rings. The average Bonchev–Trinajstić information content (AvgIpc) is 2.80. The summed E-state index contributed by atoms with van der Waals surface area (Å²) in [7, 11) is 0. The SMILES string of the molecule is OCC1O[C@@H](c2ccc(Cl)c(Cc3ccc(OCCOCCF)cc3)c2)[C@H](O)C(O)C1O. The molecule has 1 fully saturated rings. The highest BCUT2D eigenvalue weighted by Gasteiger charge is 2.44. The molecule has 1 aliphatic rings. The molecule has 2 aromatic carbocycles. The Labute approximate surface area is 190 Å². The smallest absolute Gasteiger partial charge is 0.119 e. The van der Waals surface area contributed by atoms with Crippen molar-refractivity contribution in [2.45, 2.75) is 36.9 Å². The summed E-state index contributed by atoms with van der Waals surface area (Å²) < 4.78 is 28.2. The van der Waals surface area contributed by atoms with Crippen molar-refractivity contribution in [1.29, 1.82) is 0 Å². The van der Waals surface area contributed by atoms with Gasteiger partial charge >= 0.3 is 0 Å². The van der Waals surface area contributed by atoms with Crippen LogP contribution in [0.5, 0.6) is 5.75 Å². The largest absolute Gasteiger partial charge is 0.491 e. The maximum absolute atomic E-state index is 12.0. The minimum absolute atomic E-state index is 0.0608. The maximum atomic E-state index is 12.0. The molecule has 0 aliphatic carbocycles. The van der Waals surface area contributed by atoms with Crippen LogP contribution in [-0.4, -0.2) is 77.9 Å². The molecule has 0 radical (unpaired) electrons. The van der Waals surface area contributed by atoms with Crippen molar-refractivity contribution >= 4 is 11.6 Å². The molecule has 0 spiro atoms. The predicted molar refractivity (Wildman–Crippen MR) is 116 cm³/mol. The first-order valence-corrected chi connectivity index (χ1v) is 10.8. The average molecular weight is 471 g/mol. The number of benzene rings is 2. The van der Waals surface area contributed by atoms with Crippen LogP contribution in [-0.2, 0) is 15.9 Å². The molecule has 3 unspecified atom stereocenters. The summed E-state index contributed by atoms with van der Waals surface area (Å²) in [4.78, 5) is 0. The normalized spacial score (nSPS) is 25.6. The molecule has 176 valence electrons. The third kappa shape index (κ3) is 6.17. The van der Waals surface area contributed by atoms with Crippen molar-refractivity contribution < 1.29 is 39.0 Å². The van der Waals surface area contributed by atoms with Crippen molar-refractivity contribution in [1.82, 2.24) is 0 Å². The number of hydrogen-bond donors (Lipinski definition) is 4. The second-order valence-corrected chi connectivity index (χ2v) is 7.98. The van der Waals surface area contributed by atoms with Gasteiger partial charge < -0.3 is 34.6 Å². The number of halogens is 2. The predicted octanol–water partition coefficient (Wildman–Crippen LogP) is 1.81. The minimum Gasteiger partial charge on any atom is -0.491 e. The van der Waals surface area contributed by atoms with Gasteiger partial charge in [-0.3, -0.25) is 0 Å². The maximum Gasteiger partial charge on any atom is 0.119 e. The van der Waals surface area contributed by atoms with Gasteiger partial charge in [-0.25, -0.2) is 4.39 Å². The van der Waals surface area contributed by atoms with Crippen LogP contribution < -0.4 is 4.74 Å². The van der Waals surface area contributed by atoms with Gasteiger partial charge in [-0.2, -0.15) is 0 Å². The van der Waals surface area contributed by atoms with Gasteiger partial charge in [-0.05, 0) is 41.3 Å². The molecule has 9 heteroatoms. The monoisotopic (exact) mass is 470 g/mol. The zero-order chi connectivity index (χ0) is 23.1. The first-order valence-electron chi connectivity index (χ1n) is 10.4. The number of alkyl halides is 1. The van der Waals surface area contributed by atoms with Gasteiger partial charge in [0.2, 0.25) is 0 Å². The lowest BCUT2D eigenvalue weighted by molar-refractivity contribution is -0.231. The van der Waals surface area contributed by atoms with Crippen LogP contribution in [0.15, 0.2) is 42.5 Å². The Bertz CT molecular complexity index is 849. The van der Waals surface area contributed by atoms with Gasteiger partial charge in [0.05, 0.1) is 19.8 Å². The fourth-order valence-corrected chi connectivity index (χ4v) is 3.77. The molecule has 0 bridgehead atoms. The van der Waals surface area contributed by atoms with Gasteiger partial charge in [-0.1, -0.05) is 35.9 Å². The lowest BCUT2D eigenvalue weighted by atomic mass is 9.90. The first kappa shape index (κ1) is 24.9. The van der Waals surface area contributed by atoms with Crippen LogP contribution >= 0.6 is 11.6 Å². The standard InChI is InChI=1S/C23H28ClFO7/c24-18-6-3-15(23-22(29)21(28)20(27)19(13-26)32-23)12-16(18)11-14-1-4-17(5-2-14)31-10-9-30-8-7-25/h1-6,12,19-23,26-29H,7-11,13H2/t19?,20?,21?,22-,23+/m1/s1. The fourth-order valence-electron chi connectivity index (χ4n) is 3.58. The van der Waals surface area contributed by atoms with Crippen LogP contribution in [0.25, 0.3) is 0 Å². The van der Waals surface area contributed by atoms with E-state index in [1.54, 1.807) is 18.2 Å². The topological polar surface area (TPSA) is 109 Å². The molecular formula is C23H28ClFO7. The highest BCUT2D eigenvalue weighted by molar-refractivity contribution is 6.31. The van der Waals surface area contributed by atoms with E-state index in [1.165, 1.54) is 0 Å². The highest BCUT2D eigenvalue weighted by atomic mass is 35.5. The molecule has 0 amide bonds. The minimum atomic E-state index is -1.44. The van der Waals surface area contributed by atoms with Gasteiger partial charge in [0.25, 0.3) is 0 Å². The Balaban J connectivity index is 1.67.